The molecule has 32 heavy (non-hydrogen) atoms. The van der Waals surface area contributed by atoms with Crippen molar-refractivity contribution in [1.29, 1.82) is 0 Å². The highest BCUT2D eigenvalue weighted by Crippen LogP contribution is 2.27. The second-order valence-corrected chi connectivity index (χ2v) is 9.15. The molecule has 1 amide bonds. The van der Waals surface area contributed by atoms with E-state index in [0.717, 1.165) is 28.8 Å². The molecule has 0 bridgehead atoms. The number of methoxy groups -OCH3 is 1. The fraction of sp³-hybridized carbons (Fsp3) is 0.240. The Balaban J connectivity index is 1.82. The number of hydrogen-bond donors (Lipinski definition) is 2. The van der Waals surface area contributed by atoms with Gasteiger partial charge in [0, 0.05) is 17.8 Å². The molecule has 7 heteroatoms. The van der Waals surface area contributed by atoms with Gasteiger partial charge in [0.2, 0.25) is 10.0 Å². The molecule has 0 fully saturated rings. The molecule has 3 aromatic rings. The van der Waals surface area contributed by atoms with Gasteiger partial charge in [0.15, 0.2) is 0 Å². The summed E-state index contributed by atoms with van der Waals surface area (Å²) in [5.41, 5.74) is 3.98. The van der Waals surface area contributed by atoms with Gasteiger partial charge in [0.1, 0.15) is 10.6 Å². The summed E-state index contributed by atoms with van der Waals surface area (Å²) in [6, 6.07) is 19.9. The molecule has 0 aliphatic heterocycles. The van der Waals surface area contributed by atoms with Crippen LogP contribution in [-0.4, -0.2) is 28.0 Å². The Bertz CT molecular complexity index is 1190. The summed E-state index contributed by atoms with van der Waals surface area (Å²) < 4.78 is 33.8. The molecule has 2 N–H and O–H groups in total. The lowest BCUT2D eigenvalue weighted by molar-refractivity contribution is 0.102. The van der Waals surface area contributed by atoms with Gasteiger partial charge in [-0.25, -0.2) is 13.1 Å². The highest BCUT2D eigenvalue weighted by atomic mass is 32.2. The zero-order valence-corrected chi connectivity index (χ0v) is 19.3. The van der Waals surface area contributed by atoms with E-state index in [1.54, 1.807) is 6.07 Å². The third-order valence-corrected chi connectivity index (χ3v) is 6.72. The van der Waals surface area contributed by atoms with Crippen molar-refractivity contribution in [3.05, 3.63) is 89.0 Å². The zero-order valence-electron chi connectivity index (χ0n) is 18.5. The van der Waals surface area contributed by atoms with Gasteiger partial charge >= 0.3 is 0 Å². The minimum atomic E-state index is -3.88. The van der Waals surface area contributed by atoms with Crippen LogP contribution < -0.4 is 14.8 Å². The van der Waals surface area contributed by atoms with E-state index < -0.39 is 10.0 Å². The number of para-hydroxylation sites is 1. The van der Waals surface area contributed by atoms with Crippen molar-refractivity contribution in [1.82, 2.24) is 4.72 Å². The second-order valence-electron chi connectivity index (χ2n) is 7.42. The van der Waals surface area contributed by atoms with Gasteiger partial charge in [-0.3, -0.25) is 4.79 Å². The number of amides is 1. The Morgan fingerprint density at radius 1 is 1.00 bits per heavy atom. The molecule has 0 aromatic heterocycles. The summed E-state index contributed by atoms with van der Waals surface area (Å²) in [6.07, 6.45) is 1.32. The van der Waals surface area contributed by atoms with Gasteiger partial charge in [0.25, 0.3) is 5.91 Å². The van der Waals surface area contributed by atoms with Crippen LogP contribution in [0.1, 0.15) is 34.0 Å². The number of sulfonamides is 1. The second kappa shape index (κ2) is 10.4. The van der Waals surface area contributed by atoms with E-state index in [0.29, 0.717) is 6.42 Å². The molecule has 0 unspecified atom stereocenters. The van der Waals surface area contributed by atoms with Crippen molar-refractivity contribution in [3.8, 4) is 5.75 Å². The summed E-state index contributed by atoms with van der Waals surface area (Å²) in [7, 11) is -2.48. The average Bonchev–Trinajstić information content (AvgIpc) is 2.80. The number of carbonyl (C=O) groups excluding carboxylic acids is 1. The maximum absolute atomic E-state index is 13.0. The predicted octanol–water partition coefficient (Wildman–Crippen LogP) is 4.34. The van der Waals surface area contributed by atoms with Gasteiger partial charge in [-0.05, 0) is 54.7 Å². The third-order valence-electron chi connectivity index (χ3n) is 5.24. The summed E-state index contributed by atoms with van der Waals surface area (Å²) in [5.74, 6) is -0.198. The Labute approximate surface area is 189 Å². The van der Waals surface area contributed by atoms with Gasteiger partial charge in [-0.2, -0.15) is 0 Å². The van der Waals surface area contributed by atoms with Gasteiger partial charge in [-0.15, -0.1) is 0 Å². The fourth-order valence-electron chi connectivity index (χ4n) is 3.47. The summed E-state index contributed by atoms with van der Waals surface area (Å²) >= 11 is 0. The minimum Gasteiger partial charge on any atom is -0.495 e. The van der Waals surface area contributed by atoms with Crippen LogP contribution in [0.4, 0.5) is 5.69 Å². The Morgan fingerprint density at radius 3 is 2.44 bits per heavy atom. The van der Waals surface area contributed by atoms with Crippen molar-refractivity contribution < 1.29 is 17.9 Å². The number of carbonyl (C=O) groups is 1. The summed E-state index contributed by atoms with van der Waals surface area (Å²) in [6.45, 7) is 4.17. The molecule has 0 spiro atoms. The quantitative estimate of drug-likeness (QED) is 0.506. The van der Waals surface area contributed by atoms with Gasteiger partial charge in [0.05, 0.1) is 7.11 Å². The Kier molecular flexibility index (Phi) is 7.66. The van der Waals surface area contributed by atoms with Gasteiger partial charge < -0.3 is 10.1 Å². The molecule has 168 valence electrons. The van der Waals surface area contributed by atoms with Gasteiger partial charge in [-0.1, -0.05) is 55.5 Å². The van der Waals surface area contributed by atoms with E-state index in [1.807, 2.05) is 62.4 Å². The topological polar surface area (TPSA) is 84.5 Å². The molecule has 3 rings (SSSR count). The van der Waals surface area contributed by atoms with Crippen LogP contribution in [0.3, 0.4) is 0 Å². The van der Waals surface area contributed by atoms with Crippen LogP contribution in [0, 0.1) is 6.92 Å². The Hall–Kier alpha value is -3.16. The lowest BCUT2D eigenvalue weighted by Crippen LogP contribution is -2.27. The highest BCUT2D eigenvalue weighted by Gasteiger charge is 2.22. The van der Waals surface area contributed by atoms with E-state index in [4.69, 9.17) is 4.74 Å². The van der Waals surface area contributed by atoms with Crippen molar-refractivity contribution >= 4 is 21.6 Å². The number of ether oxygens (including phenoxy) is 1. The summed E-state index contributed by atoms with van der Waals surface area (Å²) in [5, 5.41) is 2.93. The summed E-state index contributed by atoms with van der Waals surface area (Å²) in [4.78, 5) is 12.9. The SMILES string of the molecule is CCc1cccc(C)c1NC(=O)c1ccc(OC)c(S(=O)(=O)NCCc2ccccc2)c1. The van der Waals surface area contributed by atoms with E-state index in [9.17, 15) is 13.2 Å². The van der Waals surface area contributed by atoms with Crippen LogP contribution in [0.5, 0.6) is 5.75 Å². The number of aryl methyl sites for hydroxylation is 2. The minimum absolute atomic E-state index is 0.0683. The van der Waals surface area contributed by atoms with Crippen molar-refractivity contribution in [3.63, 3.8) is 0 Å². The van der Waals surface area contributed by atoms with Crippen LogP contribution in [-0.2, 0) is 22.9 Å². The van der Waals surface area contributed by atoms with Crippen LogP contribution >= 0.6 is 0 Å². The normalized spacial score (nSPS) is 11.2. The first kappa shape index (κ1) is 23.5. The van der Waals surface area contributed by atoms with Crippen LogP contribution in [0.2, 0.25) is 0 Å². The van der Waals surface area contributed by atoms with Crippen molar-refractivity contribution in [2.75, 3.05) is 19.0 Å². The third kappa shape index (κ3) is 5.55. The molecule has 6 nitrogen and oxygen atoms in total. The molecular weight excluding hydrogens is 424 g/mol. The lowest BCUT2D eigenvalue weighted by atomic mass is 10.1. The molecule has 0 atom stereocenters. The Morgan fingerprint density at radius 2 is 1.75 bits per heavy atom. The lowest BCUT2D eigenvalue weighted by Gasteiger charge is -2.15. The maximum atomic E-state index is 13.0. The smallest absolute Gasteiger partial charge is 0.255 e. The predicted molar refractivity (Wildman–Crippen MR) is 127 cm³/mol. The fourth-order valence-corrected chi connectivity index (χ4v) is 4.69. The molecule has 0 radical (unpaired) electrons. The molecular formula is C25H28N2O4S. The number of anilines is 1. The number of hydrogen-bond acceptors (Lipinski definition) is 4. The van der Waals surface area contributed by atoms with Crippen LogP contribution in [0.25, 0.3) is 0 Å². The zero-order chi connectivity index (χ0) is 23.1. The van der Waals surface area contributed by atoms with Crippen molar-refractivity contribution in [2.24, 2.45) is 0 Å². The molecule has 0 aliphatic rings. The van der Waals surface area contributed by atoms with E-state index in [2.05, 4.69) is 10.0 Å². The largest absolute Gasteiger partial charge is 0.495 e. The monoisotopic (exact) mass is 452 g/mol. The molecule has 0 aliphatic carbocycles. The molecule has 0 heterocycles. The molecule has 0 saturated heterocycles. The first-order valence-electron chi connectivity index (χ1n) is 10.5. The number of benzene rings is 3. The van der Waals surface area contributed by atoms with E-state index in [-0.39, 0.29) is 28.7 Å². The standard InChI is InChI=1S/C25H28N2O4S/c1-4-20-12-8-9-18(2)24(20)27-25(28)21-13-14-22(31-3)23(17-21)32(29,30)26-16-15-19-10-6-5-7-11-19/h5-14,17,26H,4,15-16H2,1-3H3,(H,27,28). The maximum Gasteiger partial charge on any atom is 0.255 e. The highest BCUT2D eigenvalue weighted by molar-refractivity contribution is 7.89. The molecule has 3 aromatic carbocycles. The number of rotatable bonds is 9. The number of nitrogens with one attached hydrogen (secondary N) is 2. The van der Waals surface area contributed by atoms with E-state index >= 15 is 0 Å². The average molecular weight is 453 g/mol. The molecule has 0 saturated carbocycles. The first-order chi connectivity index (χ1) is 15.4. The van der Waals surface area contributed by atoms with Crippen molar-refractivity contribution in [2.45, 2.75) is 31.6 Å². The first-order valence-corrected chi connectivity index (χ1v) is 12.0. The van der Waals surface area contributed by atoms with E-state index in [1.165, 1.54) is 19.2 Å². The van der Waals surface area contributed by atoms with Crippen LogP contribution in [0.15, 0.2) is 71.6 Å².